The van der Waals surface area contributed by atoms with E-state index in [9.17, 15) is 0 Å². The van der Waals surface area contributed by atoms with Gasteiger partial charge in [0.1, 0.15) is 0 Å². The van der Waals surface area contributed by atoms with Gasteiger partial charge < -0.3 is 14.2 Å². The molecular weight excluding hydrogens is 204 g/mol. The van der Waals surface area contributed by atoms with Gasteiger partial charge in [-0.25, -0.2) is 0 Å². The van der Waals surface area contributed by atoms with Gasteiger partial charge in [0, 0.05) is 6.61 Å². The zero-order valence-corrected chi connectivity index (χ0v) is 11.5. The third-order valence-corrected chi connectivity index (χ3v) is 2.81. The summed E-state index contributed by atoms with van der Waals surface area (Å²) in [6, 6.07) is 0. The summed E-state index contributed by atoms with van der Waals surface area (Å²) in [6.45, 7) is 14.1. The van der Waals surface area contributed by atoms with Gasteiger partial charge in [0.05, 0.1) is 32.0 Å². The standard InChI is InChI=1S/C13H28O3/c1-6-7-14-8-9-15-10-11-16-13(4,5)12(2)3/h12H,6-11H2,1-5H3. The van der Waals surface area contributed by atoms with E-state index in [1.54, 1.807) is 0 Å². The SMILES string of the molecule is CCCOCCOCCOC(C)(C)C(C)C. The lowest BCUT2D eigenvalue weighted by Crippen LogP contribution is -2.32. The zero-order chi connectivity index (χ0) is 12.4. The molecule has 0 saturated heterocycles. The Hall–Kier alpha value is -0.120. The molecule has 3 heteroatoms. The van der Waals surface area contributed by atoms with Crippen molar-refractivity contribution in [2.45, 2.75) is 46.6 Å². The molecule has 0 aromatic carbocycles. The van der Waals surface area contributed by atoms with Crippen LogP contribution in [0.5, 0.6) is 0 Å². The molecule has 0 aromatic heterocycles. The summed E-state index contributed by atoms with van der Waals surface area (Å²) in [7, 11) is 0. The van der Waals surface area contributed by atoms with Gasteiger partial charge in [0.25, 0.3) is 0 Å². The molecule has 0 aliphatic rings. The lowest BCUT2D eigenvalue weighted by Gasteiger charge is -2.29. The first kappa shape index (κ1) is 15.9. The predicted octanol–water partition coefficient (Wildman–Crippen LogP) is 2.88. The smallest absolute Gasteiger partial charge is 0.0707 e. The molecule has 16 heavy (non-hydrogen) atoms. The van der Waals surface area contributed by atoms with Crippen LogP contribution >= 0.6 is 0 Å². The van der Waals surface area contributed by atoms with Gasteiger partial charge in [0.2, 0.25) is 0 Å². The lowest BCUT2D eigenvalue weighted by atomic mass is 9.95. The van der Waals surface area contributed by atoms with Crippen LogP contribution in [0.25, 0.3) is 0 Å². The van der Waals surface area contributed by atoms with Crippen LogP contribution in [-0.4, -0.2) is 38.6 Å². The average molecular weight is 232 g/mol. The molecular formula is C13H28O3. The van der Waals surface area contributed by atoms with Crippen molar-refractivity contribution in [1.29, 1.82) is 0 Å². The van der Waals surface area contributed by atoms with E-state index in [-0.39, 0.29) is 5.60 Å². The van der Waals surface area contributed by atoms with E-state index in [1.807, 2.05) is 0 Å². The highest BCUT2D eigenvalue weighted by Crippen LogP contribution is 2.19. The topological polar surface area (TPSA) is 27.7 Å². The maximum atomic E-state index is 5.75. The van der Waals surface area contributed by atoms with Gasteiger partial charge in [-0.2, -0.15) is 0 Å². The van der Waals surface area contributed by atoms with Gasteiger partial charge in [-0.15, -0.1) is 0 Å². The maximum Gasteiger partial charge on any atom is 0.0707 e. The molecule has 0 radical (unpaired) electrons. The summed E-state index contributed by atoms with van der Waals surface area (Å²) in [5.74, 6) is 0.514. The van der Waals surface area contributed by atoms with Crippen LogP contribution in [0.4, 0.5) is 0 Å². The highest BCUT2D eigenvalue weighted by molar-refractivity contribution is 4.72. The van der Waals surface area contributed by atoms with Crippen LogP contribution < -0.4 is 0 Å². The van der Waals surface area contributed by atoms with E-state index in [0.29, 0.717) is 32.3 Å². The van der Waals surface area contributed by atoms with Crippen molar-refractivity contribution in [1.82, 2.24) is 0 Å². The van der Waals surface area contributed by atoms with E-state index in [0.717, 1.165) is 13.0 Å². The summed E-state index contributed by atoms with van der Waals surface area (Å²) < 4.78 is 16.5. The molecule has 98 valence electrons. The Bertz CT molecular complexity index is 155. The van der Waals surface area contributed by atoms with Crippen LogP contribution in [0.3, 0.4) is 0 Å². The van der Waals surface area contributed by atoms with Crippen LogP contribution in [0.2, 0.25) is 0 Å². The second kappa shape index (κ2) is 8.97. The van der Waals surface area contributed by atoms with E-state index < -0.39 is 0 Å². The summed E-state index contributed by atoms with van der Waals surface area (Å²) >= 11 is 0. The molecule has 0 aliphatic carbocycles. The van der Waals surface area contributed by atoms with Crippen molar-refractivity contribution in [3.05, 3.63) is 0 Å². The van der Waals surface area contributed by atoms with Crippen molar-refractivity contribution in [3.63, 3.8) is 0 Å². The highest BCUT2D eigenvalue weighted by Gasteiger charge is 2.22. The molecule has 0 aromatic rings. The fourth-order valence-corrected chi connectivity index (χ4v) is 0.997. The molecule has 0 unspecified atom stereocenters. The maximum absolute atomic E-state index is 5.75. The third kappa shape index (κ3) is 8.08. The average Bonchev–Trinajstić information content (AvgIpc) is 2.21. The van der Waals surface area contributed by atoms with Gasteiger partial charge in [-0.1, -0.05) is 20.8 Å². The second-order valence-corrected chi connectivity index (χ2v) is 4.83. The Morgan fingerprint density at radius 2 is 1.38 bits per heavy atom. The third-order valence-electron chi connectivity index (χ3n) is 2.81. The van der Waals surface area contributed by atoms with Crippen molar-refractivity contribution >= 4 is 0 Å². The molecule has 0 saturated carbocycles. The Morgan fingerprint density at radius 1 is 0.875 bits per heavy atom. The summed E-state index contributed by atoms with van der Waals surface area (Å²) in [4.78, 5) is 0. The molecule has 0 N–H and O–H groups in total. The predicted molar refractivity (Wildman–Crippen MR) is 66.8 cm³/mol. The fraction of sp³-hybridized carbons (Fsp3) is 1.00. The number of rotatable bonds is 10. The summed E-state index contributed by atoms with van der Waals surface area (Å²) in [5, 5.41) is 0. The molecule has 0 fully saturated rings. The van der Waals surface area contributed by atoms with E-state index in [4.69, 9.17) is 14.2 Å². The molecule has 0 heterocycles. The Labute approximate surface area is 100 Å². The number of hydrogen-bond acceptors (Lipinski definition) is 3. The Balaban J connectivity index is 3.27. The van der Waals surface area contributed by atoms with Gasteiger partial charge >= 0.3 is 0 Å². The monoisotopic (exact) mass is 232 g/mol. The molecule has 0 aliphatic heterocycles. The minimum absolute atomic E-state index is 0.0674. The lowest BCUT2D eigenvalue weighted by molar-refractivity contribution is -0.0750. The van der Waals surface area contributed by atoms with Crippen LogP contribution in [0, 0.1) is 5.92 Å². The van der Waals surface area contributed by atoms with E-state index in [1.165, 1.54) is 0 Å². The van der Waals surface area contributed by atoms with Crippen LogP contribution in [0.15, 0.2) is 0 Å². The van der Waals surface area contributed by atoms with Crippen molar-refractivity contribution < 1.29 is 14.2 Å². The summed E-state index contributed by atoms with van der Waals surface area (Å²) in [6.07, 6.45) is 1.06. The molecule has 3 nitrogen and oxygen atoms in total. The molecule has 0 atom stereocenters. The van der Waals surface area contributed by atoms with Crippen molar-refractivity contribution in [2.24, 2.45) is 5.92 Å². The minimum Gasteiger partial charge on any atom is -0.379 e. The molecule has 0 spiro atoms. The first-order valence-electron chi connectivity index (χ1n) is 6.30. The van der Waals surface area contributed by atoms with Crippen LogP contribution in [-0.2, 0) is 14.2 Å². The minimum atomic E-state index is -0.0674. The highest BCUT2D eigenvalue weighted by atomic mass is 16.5. The van der Waals surface area contributed by atoms with E-state index in [2.05, 4.69) is 34.6 Å². The van der Waals surface area contributed by atoms with Crippen LogP contribution in [0.1, 0.15) is 41.0 Å². The first-order valence-corrected chi connectivity index (χ1v) is 6.30. The largest absolute Gasteiger partial charge is 0.379 e. The van der Waals surface area contributed by atoms with E-state index >= 15 is 0 Å². The Kier molecular flexibility index (Phi) is 8.90. The summed E-state index contributed by atoms with van der Waals surface area (Å²) in [5.41, 5.74) is -0.0674. The zero-order valence-electron chi connectivity index (χ0n) is 11.5. The van der Waals surface area contributed by atoms with Crippen molar-refractivity contribution in [3.8, 4) is 0 Å². The fourth-order valence-electron chi connectivity index (χ4n) is 0.997. The van der Waals surface area contributed by atoms with Crippen molar-refractivity contribution in [2.75, 3.05) is 33.0 Å². The van der Waals surface area contributed by atoms with Gasteiger partial charge in [-0.3, -0.25) is 0 Å². The first-order chi connectivity index (χ1) is 7.50. The van der Waals surface area contributed by atoms with Gasteiger partial charge in [-0.05, 0) is 26.2 Å². The quantitative estimate of drug-likeness (QED) is 0.542. The second-order valence-electron chi connectivity index (χ2n) is 4.83. The number of hydrogen-bond donors (Lipinski definition) is 0. The molecule has 0 amide bonds. The molecule has 0 bridgehead atoms. The number of ether oxygens (including phenoxy) is 3. The molecule has 0 rings (SSSR count). The Morgan fingerprint density at radius 3 is 1.88 bits per heavy atom. The van der Waals surface area contributed by atoms with Gasteiger partial charge in [0.15, 0.2) is 0 Å². The normalized spacial score (nSPS) is 12.4.